The van der Waals surface area contributed by atoms with Gasteiger partial charge in [-0.05, 0) is 30.2 Å². The van der Waals surface area contributed by atoms with Crippen LogP contribution in [0.4, 0.5) is 0 Å². The summed E-state index contributed by atoms with van der Waals surface area (Å²) < 4.78 is 10.6. The fraction of sp³-hybridized carbons (Fsp3) is 0.188. The summed E-state index contributed by atoms with van der Waals surface area (Å²) in [5, 5.41) is 18.4. The highest BCUT2D eigenvalue weighted by atomic mass is 35.5. The predicted octanol–water partition coefficient (Wildman–Crippen LogP) is 4.05. The first-order valence-electron chi connectivity index (χ1n) is 6.43. The molecule has 1 N–H and O–H groups in total. The number of hydrogen-bond donors (Lipinski definition) is 1. The predicted molar refractivity (Wildman–Crippen MR) is 79.5 cm³/mol. The van der Waals surface area contributed by atoms with Gasteiger partial charge in [-0.2, -0.15) is 0 Å². The van der Waals surface area contributed by atoms with Gasteiger partial charge >= 0.3 is 0 Å². The van der Waals surface area contributed by atoms with Gasteiger partial charge in [-0.3, -0.25) is 0 Å². The van der Waals surface area contributed by atoms with Crippen molar-refractivity contribution in [2.75, 3.05) is 0 Å². The molecule has 0 radical (unpaired) electrons. The summed E-state index contributed by atoms with van der Waals surface area (Å²) in [5.74, 6) is 1.02. The van der Waals surface area contributed by atoms with Crippen LogP contribution in [0.5, 0.6) is 17.2 Å². The fourth-order valence-corrected chi connectivity index (χ4v) is 2.24. The molecule has 5 heteroatoms. The van der Waals surface area contributed by atoms with Gasteiger partial charge in [0, 0.05) is 11.6 Å². The molecule has 2 aromatic carbocycles. The molecule has 0 saturated carbocycles. The number of halogens is 1. The van der Waals surface area contributed by atoms with Crippen molar-refractivity contribution in [3.8, 4) is 23.5 Å². The van der Waals surface area contributed by atoms with Crippen LogP contribution in [-0.2, 0) is 13.0 Å². The molecule has 2 aromatic rings. The Bertz CT molecular complexity index is 680. The summed E-state index contributed by atoms with van der Waals surface area (Å²) in [7, 11) is 0. The molecule has 0 fully saturated rings. The Kier molecular flexibility index (Phi) is 4.91. The van der Waals surface area contributed by atoms with Gasteiger partial charge in [0.05, 0.1) is 5.02 Å². The molecular formula is C16H14ClNO3. The Morgan fingerprint density at radius 2 is 2.05 bits per heavy atom. The maximum Gasteiger partial charge on any atom is 0.292 e. The van der Waals surface area contributed by atoms with E-state index in [-0.39, 0.29) is 12.4 Å². The third kappa shape index (κ3) is 3.59. The van der Waals surface area contributed by atoms with E-state index in [0.29, 0.717) is 16.5 Å². The number of benzene rings is 2. The maximum absolute atomic E-state index is 9.32. The van der Waals surface area contributed by atoms with Crippen LogP contribution < -0.4 is 9.47 Å². The minimum absolute atomic E-state index is 0.0785. The highest BCUT2D eigenvalue weighted by Crippen LogP contribution is 2.30. The lowest BCUT2D eigenvalue weighted by molar-refractivity contribution is 0.299. The standard InChI is InChI=1S/C16H14ClNO3/c1-2-11-4-3-5-15(21-10-18)13(11)9-20-16-7-6-12(19)8-14(16)17/h3-8,19H,2,9H2,1H3. The number of aryl methyl sites for hydroxylation is 1. The lowest BCUT2D eigenvalue weighted by atomic mass is 10.0. The molecule has 0 spiro atoms. The highest BCUT2D eigenvalue weighted by Gasteiger charge is 2.11. The van der Waals surface area contributed by atoms with Crippen LogP contribution in [0.15, 0.2) is 36.4 Å². The zero-order valence-electron chi connectivity index (χ0n) is 11.5. The van der Waals surface area contributed by atoms with E-state index >= 15 is 0 Å². The number of phenols is 1. The Balaban J connectivity index is 2.24. The molecule has 108 valence electrons. The zero-order valence-corrected chi connectivity index (χ0v) is 12.2. The molecule has 0 atom stereocenters. The van der Waals surface area contributed by atoms with Crippen molar-refractivity contribution >= 4 is 11.6 Å². The fourth-order valence-electron chi connectivity index (χ4n) is 2.01. The average molecular weight is 304 g/mol. The third-order valence-electron chi connectivity index (χ3n) is 3.05. The second kappa shape index (κ2) is 6.87. The number of aromatic hydroxyl groups is 1. The van der Waals surface area contributed by atoms with Gasteiger partial charge in [-0.25, -0.2) is 0 Å². The Morgan fingerprint density at radius 3 is 2.71 bits per heavy atom. The van der Waals surface area contributed by atoms with Crippen molar-refractivity contribution < 1.29 is 14.6 Å². The van der Waals surface area contributed by atoms with E-state index in [2.05, 4.69) is 0 Å². The first kappa shape index (κ1) is 15.0. The summed E-state index contributed by atoms with van der Waals surface area (Å²) >= 11 is 6.00. The Morgan fingerprint density at radius 1 is 1.24 bits per heavy atom. The van der Waals surface area contributed by atoms with Crippen LogP contribution >= 0.6 is 11.6 Å². The Hall–Kier alpha value is -2.38. The molecule has 0 unspecified atom stereocenters. The lowest BCUT2D eigenvalue weighted by Gasteiger charge is -2.13. The zero-order chi connectivity index (χ0) is 15.2. The van der Waals surface area contributed by atoms with Crippen molar-refractivity contribution in [3.05, 3.63) is 52.5 Å². The molecule has 0 amide bonds. The smallest absolute Gasteiger partial charge is 0.292 e. The van der Waals surface area contributed by atoms with Crippen LogP contribution in [0.25, 0.3) is 0 Å². The van der Waals surface area contributed by atoms with Crippen LogP contribution in [0.1, 0.15) is 18.1 Å². The molecule has 0 bridgehead atoms. The molecule has 4 nitrogen and oxygen atoms in total. The molecule has 21 heavy (non-hydrogen) atoms. The molecule has 2 rings (SSSR count). The number of phenolic OH excluding ortho intramolecular Hbond substituents is 1. The first-order chi connectivity index (χ1) is 10.2. The molecule has 0 aromatic heterocycles. The molecule has 0 aliphatic carbocycles. The van der Waals surface area contributed by atoms with Crippen molar-refractivity contribution in [3.63, 3.8) is 0 Å². The van der Waals surface area contributed by atoms with E-state index in [4.69, 9.17) is 26.3 Å². The number of nitriles is 1. The summed E-state index contributed by atoms with van der Waals surface area (Å²) in [5.41, 5.74) is 1.85. The minimum atomic E-state index is 0.0785. The van der Waals surface area contributed by atoms with E-state index in [1.54, 1.807) is 18.4 Å². The van der Waals surface area contributed by atoms with Crippen LogP contribution in [0, 0.1) is 11.5 Å². The quantitative estimate of drug-likeness (QED) is 0.847. The van der Waals surface area contributed by atoms with E-state index in [1.807, 2.05) is 19.1 Å². The second-order valence-electron chi connectivity index (χ2n) is 4.34. The largest absolute Gasteiger partial charge is 0.508 e. The van der Waals surface area contributed by atoms with E-state index < -0.39 is 0 Å². The third-order valence-corrected chi connectivity index (χ3v) is 3.35. The molecule has 0 aliphatic rings. The molecular weight excluding hydrogens is 290 g/mol. The van der Waals surface area contributed by atoms with Gasteiger partial charge in [0.15, 0.2) is 0 Å². The monoisotopic (exact) mass is 303 g/mol. The van der Waals surface area contributed by atoms with Crippen molar-refractivity contribution in [1.82, 2.24) is 0 Å². The number of nitrogens with zero attached hydrogens (tertiary/aromatic N) is 1. The SMILES string of the molecule is CCc1cccc(OC#N)c1COc1ccc(O)cc1Cl. The van der Waals surface area contributed by atoms with Gasteiger partial charge in [0.2, 0.25) is 0 Å². The van der Waals surface area contributed by atoms with E-state index in [0.717, 1.165) is 17.5 Å². The highest BCUT2D eigenvalue weighted by molar-refractivity contribution is 6.32. The van der Waals surface area contributed by atoms with E-state index in [9.17, 15) is 5.11 Å². The first-order valence-corrected chi connectivity index (χ1v) is 6.81. The average Bonchev–Trinajstić information content (AvgIpc) is 2.47. The van der Waals surface area contributed by atoms with Gasteiger partial charge < -0.3 is 14.6 Å². The molecule has 0 saturated heterocycles. The van der Waals surface area contributed by atoms with Crippen LogP contribution in [-0.4, -0.2) is 5.11 Å². The number of ether oxygens (including phenoxy) is 2. The summed E-state index contributed by atoms with van der Waals surface area (Å²) in [6.45, 7) is 2.24. The summed E-state index contributed by atoms with van der Waals surface area (Å²) in [6.07, 6.45) is 2.47. The second-order valence-corrected chi connectivity index (χ2v) is 4.75. The minimum Gasteiger partial charge on any atom is -0.508 e. The van der Waals surface area contributed by atoms with Crippen molar-refractivity contribution in [1.29, 1.82) is 5.26 Å². The molecule has 0 heterocycles. The number of hydrogen-bond acceptors (Lipinski definition) is 4. The van der Waals surface area contributed by atoms with Gasteiger partial charge in [-0.15, -0.1) is 5.26 Å². The summed E-state index contributed by atoms with van der Waals surface area (Å²) in [4.78, 5) is 0. The van der Waals surface area contributed by atoms with E-state index in [1.165, 1.54) is 12.1 Å². The summed E-state index contributed by atoms with van der Waals surface area (Å²) in [6, 6.07) is 10.0. The Labute approximate surface area is 128 Å². The van der Waals surface area contributed by atoms with Crippen LogP contribution in [0.2, 0.25) is 5.02 Å². The van der Waals surface area contributed by atoms with Gasteiger partial charge in [0.1, 0.15) is 23.9 Å². The van der Waals surface area contributed by atoms with Gasteiger partial charge in [0.25, 0.3) is 6.26 Å². The lowest BCUT2D eigenvalue weighted by Crippen LogP contribution is -2.03. The van der Waals surface area contributed by atoms with Crippen LogP contribution in [0.3, 0.4) is 0 Å². The van der Waals surface area contributed by atoms with Crippen molar-refractivity contribution in [2.24, 2.45) is 0 Å². The maximum atomic E-state index is 9.32. The molecule has 0 aliphatic heterocycles. The van der Waals surface area contributed by atoms with Gasteiger partial charge in [-0.1, -0.05) is 30.7 Å². The topological polar surface area (TPSA) is 62.5 Å². The normalized spacial score (nSPS) is 9.95. The number of rotatable bonds is 5. The van der Waals surface area contributed by atoms with Crippen molar-refractivity contribution in [2.45, 2.75) is 20.0 Å².